The van der Waals surface area contributed by atoms with E-state index in [4.69, 9.17) is 4.74 Å². The summed E-state index contributed by atoms with van der Waals surface area (Å²) in [6.45, 7) is 1.40. The Balaban J connectivity index is 1.38. The first kappa shape index (κ1) is 19.7. The monoisotopic (exact) mass is 445 g/mol. The number of rotatable bonds is 7. The summed E-state index contributed by atoms with van der Waals surface area (Å²) in [4.78, 5) is 6.78. The van der Waals surface area contributed by atoms with E-state index in [-0.39, 0.29) is 11.6 Å². The molecule has 6 rings (SSSR count). The summed E-state index contributed by atoms with van der Waals surface area (Å²) in [6.07, 6.45) is 6.30. The molecule has 0 saturated heterocycles. The number of hydrogen-bond acceptors (Lipinski definition) is 3. The van der Waals surface area contributed by atoms with Crippen molar-refractivity contribution in [1.82, 2.24) is 24.7 Å². The quantitative estimate of drug-likeness (QED) is 0.293. The van der Waals surface area contributed by atoms with E-state index in [2.05, 4.69) is 20.2 Å². The number of nitrogens with zero attached hydrogens (tertiary/aromatic N) is 3. The van der Waals surface area contributed by atoms with E-state index < -0.39 is 0 Å². The van der Waals surface area contributed by atoms with Gasteiger partial charge in [0.2, 0.25) is 0 Å². The SMILES string of the molecule is Fc1ccc2[nH]c3c(OCCCCCn4cnnc4)c4[nH]c5ccc(F)cc5c4cc3c2c1. The largest absolute Gasteiger partial charge is 0.489 e. The molecule has 0 bridgehead atoms. The van der Waals surface area contributed by atoms with Gasteiger partial charge < -0.3 is 19.3 Å². The molecule has 0 radical (unpaired) electrons. The van der Waals surface area contributed by atoms with Crippen molar-refractivity contribution in [3.8, 4) is 5.75 Å². The molecule has 6 aromatic rings. The van der Waals surface area contributed by atoms with Crippen LogP contribution in [0.25, 0.3) is 43.6 Å². The number of aromatic nitrogens is 5. The van der Waals surface area contributed by atoms with E-state index in [9.17, 15) is 8.78 Å². The van der Waals surface area contributed by atoms with Crippen LogP contribution in [-0.4, -0.2) is 31.3 Å². The van der Waals surface area contributed by atoms with Gasteiger partial charge in [-0.2, -0.15) is 0 Å². The van der Waals surface area contributed by atoms with E-state index >= 15 is 0 Å². The number of ether oxygens (including phenoxy) is 1. The summed E-state index contributed by atoms with van der Waals surface area (Å²) >= 11 is 0. The first-order valence-corrected chi connectivity index (χ1v) is 11.0. The first-order valence-electron chi connectivity index (χ1n) is 11.0. The minimum atomic E-state index is -0.302. The number of H-pyrrole nitrogens is 2. The number of benzene rings is 3. The van der Waals surface area contributed by atoms with Crippen LogP contribution in [0.2, 0.25) is 0 Å². The topological polar surface area (TPSA) is 71.5 Å². The number of nitrogens with one attached hydrogen (secondary N) is 2. The van der Waals surface area contributed by atoms with Crippen LogP contribution in [0.15, 0.2) is 55.1 Å². The van der Waals surface area contributed by atoms with Gasteiger partial charge >= 0.3 is 0 Å². The Morgan fingerprint density at radius 1 is 0.727 bits per heavy atom. The van der Waals surface area contributed by atoms with Crippen LogP contribution in [0.5, 0.6) is 5.75 Å². The average molecular weight is 445 g/mol. The lowest BCUT2D eigenvalue weighted by Crippen LogP contribution is -2.00. The first-order chi connectivity index (χ1) is 16.2. The third-order valence-electron chi connectivity index (χ3n) is 6.12. The minimum Gasteiger partial charge on any atom is -0.489 e. The molecule has 2 N–H and O–H groups in total. The second-order valence-corrected chi connectivity index (χ2v) is 8.29. The van der Waals surface area contributed by atoms with Crippen LogP contribution >= 0.6 is 0 Å². The zero-order valence-corrected chi connectivity index (χ0v) is 17.7. The van der Waals surface area contributed by atoms with E-state index in [1.807, 2.05) is 10.6 Å². The third kappa shape index (κ3) is 3.47. The zero-order chi connectivity index (χ0) is 22.4. The number of aryl methyl sites for hydroxylation is 1. The summed E-state index contributed by atoms with van der Waals surface area (Å²) < 4.78 is 36.3. The third-order valence-corrected chi connectivity index (χ3v) is 6.12. The number of aromatic amines is 2. The van der Waals surface area contributed by atoms with Crippen molar-refractivity contribution in [2.24, 2.45) is 0 Å². The van der Waals surface area contributed by atoms with Gasteiger partial charge in [0.1, 0.15) is 24.3 Å². The molecule has 0 aliphatic carbocycles. The Morgan fingerprint density at radius 2 is 1.33 bits per heavy atom. The van der Waals surface area contributed by atoms with Crippen molar-refractivity contribution < 1.29 is 13.5 Å². The Bertz CT molecular complexity index is 1510. The lowest BCUT2D eigenvalue weighted by atomic mass is 10.1. The molecule has 6 nitrogen and oxygen atoms in total. The van der Waals surface area contributed by atoms with Gasteiger partial charge in [0.15, 0.2) is 5.75 Å². The summed E-state index contributed by atoms with van der Waals surface area (Å²) in [5.41, 5.74) is 3.26. The van der Waals surface area contributed by atoms with E-state index in [0.29, 0.717) is 12.4 Å². The maximum Gasteiger partial charge on any atom is 0.167 e. The Hall–Kier alpha value is -3.94. The van der Waals surface area contributed by atoms with Crippen LogP contribution in [0.4, 0.5) is 8.78 Å². The average Bonchev–Trinajstić information content (AvgIpc) is 3.53. The molecule has 0 saturated carbocycles. The summed E-state index contributed by atoms with van der Waals surface area (Å²) in [5.74, 6) is 0.0718. The molecule has 166 valence electrons. The highest BCUT2D eigenvalue weighted by Crippen LogP contribution is 2.41. The van der Waals surface area contributed by atoms with Crippen molar-refractivity contribution in [1.29, 1.82) is 0 Å². The lowest BCUT2D eigenvalue weighted by molar-refractivity contribution is 0.309. The molecule has 3 aromatic carbocycles. The number of halogens is 2. The fourth-order valence-electron chi connectivity index (χ4n) is 4.53. The molecule has 8 heteroatoms. The fourth-order valence-corrected chi connectivity index (χ4v) is 4.53. The van der Waals surface area contributed by atoms with Gasteiger partial charge in [-0.15, -0.1) is 10.2 Å². The van der Waals surface area contributed by atoms with Crippen LogP contribution in [0.1, 0.15) is 19.3 Å². The molecule has 0 amide bonds. The van der Waals surface area contributed by atoms with Gasteiger partial charge in [-0.3, -0.25) is 0 Å². The standard InChI is InChI=1S/C25H21F2N5O/c26-15-4-6-21-17(10-15)19-12-20-18-11-16(27)5-7-22(18)31-24(20)25(23(19)30-21)33-9-3-1-2-8-32-13-28-29-14-32/h4-7,10-14,30-31H,1-3,8-9H2. The molecular formula is C25H21F2N5O. The molecule has 0 fully saturated rings. The number of hydrogen-bond donors (Lipinski definition) is 2. The molecule has 3 aromatic heterocycles. The van der Waals surface area contributed by atoms with Gasteiger partial charge in [-0.05, 0) is 61.7 Å². The van der Waals surface area contributed by atoms with Crippen LogP contribution in [-0.2, 0) is 6.54 Å². The van der Waals surface area contributed by atoms with Gasteiger partial charge in [0, 0.05) is 39.1 Å². The minimum absolute atomic E-state index is 0.302. The summed E-state index contributed by atoms with van der Waals surface area (Å²) in [7, 11) is 0. The van der Waals surface area contributed by atoms with Crippen LogP contribution in [0.3, 0.4) is 0 Å². The molecular weight excluding hydrogens is 424 g/mol. The molecule has 0 aliphatic heterocycles. The van der Waals surface area contributed by atoms with Gasteiger partial charge in [-0.25, -0.2) is 8.78 Å². The highest BCUT2D eigenvalue weighted by molar-refractivity contribution is 6.20. The summed E-state index contributed by atoms with van der Waals surface area (Å²) in [6, 6.07) is 11.3. The number of fused-ring (bicyclic) bond motifs is 6. The van der Waals surface area contributed by atoms with E-state index in [1.54, 1.807) is 24.8 Å². The maximum atomic E-state index is 14.0. The second-order valence-electron chi connectivity index (χ2n) is 8.29. The van der Waals surface area contributed by atoms with Crippen molar-refractivity contribution in [2.75, 3.05) is 6.61 Å². The molecule has 0 aliphatic rings. The van der Waals surface area contributed by atoms with Gasteiger partial charge in [-0.1, -0.05) is 0 Å². The molecule has 33 heavy (non-hydrogen) atoms. The van der Waals surface area contributed by atoms with Gasteiger partial charge in [0.25, 0.3) is 0 Å². The molecule has 0 atom stereocenters. The molecule has 0 spiro atoms. The highest BCUT2D eigenvalue weighted by Gasteiger charge is 2.18. The lowest BCUT2D eigenvalue weighted by Gasteiger charge is -2.09. The molecule has 3 heterocycles. The van der Waals surface area contributed by atoms with Crippen LogP contribution < -0.4 is 4.74 Å². The Morgan fingerprint density at radius 3 is 1.94 bits per heavy atom. The van der Waals surface area contributed by atoms with Gasteiger partial charge in [0.05, 0.1) is 17.6 Å². The second kappa shape index (κ2) is 7.88. The van der Waals surface area contributed by atoms with Crippen molar-refractivity contribution in [3.05, 3.63) is 66.8 Å². The van der Waals surface area contributed by atoms with Crippen molar-refractivity contribution in [3.63, 3.8) is 0 Å². The van der Waals surface area contributed by atoms with Crippen molar-refractivity contribution >= 4 is 43.6 Å². The fraction of sp³-hybridized carbons (Fsp3) is 0.200. The smallest absolute Gasteiger partial charge is 0.167 e. The predicted octanol–water partition coefficient (Wildman–Crippen LogP) is 6.07. The molecule has 0 unspecified atom stereocenters. The summed E-state index contributed by atoms with van der Waals surface area (Å²) in [5, 5.41) is 10.9. The van der Waals surface area contributed by atoms with Crippen LogP contribution in [0, 0.1) is 11.6 Å². The van der Waals surface area contributed by atoms with Crippen molar-refractivity contribution in [2.45, 2.75) is 25.8 Å². The highest BCUT2D eigenvalue weighted by atomic mass is 19.1. The Kier molecular flexibility index (Phi) is 4.71. The predicted molar refractivity (Wildman–Crippen MR) is 124 cm³/mol. The number of unbranched alkanes of at least 4 members (excludes halogenated alkanes) is 2. The van der Waals surface area contributed by atoms with E-state index in [1.165, 1.54) is 24.3 Å². The van der Waals surface area contributed by atoms with E-state index in [0.717, 1.165) is 69.4 Å². The zero-order valence-electron chi connectivity index (χ0n) is 17.7. The normalized spacial score (nSPS) is 11.9. The Labute approximate surface area is 187 Å². The maximum absolute atomic E-state index is 14.0.